The summed E-state index contributed by atoms with van der Waals surface area (Å²) >= 11 is 1.24. The summed E-state index contributed by atoms with van der Waals surface area (Å²) in [6.45, 7) is 0.260. The Morgan fingerprint density at radius 1 is 1.26 bits per heavy atom. The van der Waals surface area contributed by atoms with E-state index in [0.717, 1.165) is 0 Å². The summed E-state index contributed by atoms with van der Waals surface area (Å²) in [5.41, 5.74) is 12.2. The Hall–Kier alpha value is -2.32. The SMILES string of the molecule is NCc1nn2c(=O)c(-c3ccccc3N)nnc2s1. The minimum atomic E-state index is -0.348. The van der Waals surface area contributed by atoms with Gasteiger partial charge in [0.25, 0.3) is 0 Å². The molecule has 0 fully saturated rings. The molecule has 4 N–H and O–H groups in total. The zero-order chi connectivity index (χ0) is 13.4. The fraction of sp³-hybridized carbons (Fsp3) is 0.0909. The van der Waals surface area contributed by atoms with Crippen molar-refractivity contribution in [2.24, 2.45) is 5.73 Å². The maximum absolute atomic E-state index is 12.3. The number of hydrogen-bond donors (Lipinski definition) is 2. The van der Waals surface area contributed by atoms with E-state index in [9.17, 15) is 4.79 Å². The molecule has 2 heterocycles. The van der Waals surface area contributed by atoms with Crippen LogP contribution >= 0.6 is 11.3 Å². The van der Waals surface area contributed by atoms with Crippen LogP contribution in [0.1, 0.15) is 5.01 Å². The molecule has 0 atom stereocenters. The molecule has 3 rings (SSSR count). The first kappa shape index (κ1) is 11.8. The summed E-state index contributed by atoms with van der Waals surface area (Å²) in [7, 11) is 0. The third-order valence-electron chi connectivity index (χ3n) is 2.62. The van der Waals surface area contributed by atoms with Crippen molar-refractivity contribution in [1.82, 2.24) is 19.8 Å². The zero-order valence-corrected chi connectivity index (χ0v) is 10.6. The molecule has 96 valence electrons. The fourth-order valence-corrected chi connectivity index (χ4v) is 2.43. The van der Waals surface area contributed by atoms with Crippen LogP contribution in [0, 0.1) is 0 Å². The van der Waals surface area contributed by atoms with E-state index in [1.807, 2.05) is 0 Å². The first-order valence-corrected chi connectivity index (χ1v) is 6.32. The van der Waals surface area contributed by atoms with Gasteiger partial charge in [0.1, 0.15) is 5.01 Å². The maximum atomic E-state index is 12.3. The van der Waals surface area contributed by atoms with Crippen LogP contribution in [-0.2, 0) is 6.54 Å². The summed E-state index contributed by atoms with van der Waals surface area (Å²) in [4.78, 5) is 12.7. The molecule has 0 saturated carbocycles. The van der Waals surface area contributed by atoms with Gasteiger partial charge in [-0.15, -0.1) is 10.2 Å². The number of nitrogens with zero attached hydrogens (tertiary/aromatic N) is 4. The minimum absolute atomic E-state index is 0.185. The molecule has 0 amide bonds. The Balaban J connectivity index is 2.29. The van der Waals surface area contributed by atoms with Gasteiger partial charge in [-0.1, -0.05) is 29.5 Å². The number of nitrogen functional groups attached to an aromatic ring is 1. The first-order valence-electron chi connectivity index (χ1n) is 5.51. The summed E-state index contributed by atoms with van der Waals surface area (Å²) in [5, 5.41) is 12.7. The van der Waals surface area contributed by atoms with Gasteiger partial charge in [0.15, 0.2) is 5.69 Å². The number of para-hydroxylation sites is 1. The molecule has 19 heavy (non-hydrogen) atoms. The van der Waals surface area contributed by atoms with Crippen molar-refractivity contribution in [1.29, 1.82) is 0 Å². The molecular formula is C11H10N6OS. The van der Waals surface area contributed by atoms with E-state index >= 15 is 0 Å². The second kappa shape index (κ2) is 4.41. The number of fused-ring (bicyclic) bond motifs is 1. The summed E-state index contributed by atoms with van der Waals surface area (Å²) < 4.78 is 1.21. The van der Waals surface area contributed by atoms with Crippen molar-refractivity contribution < 1.29 is 0 Å². The lowest BCUT2D eigenvalue weighted by Gasteiger charge is -2.02. The first-order chi connectivity index (χ1) is 9.20. The predicted molar refractivity (Wildman–Crippen MR) is 72.7 cm³/mol. The minimum Gasteiger partial charge on any atom is -0.398 e. The molecule has 0 spiro atoms. The Bertz CT molecular complexity index is 808. The fourth-order valence-electron chi connectivity index (χ4n) is 1.72. The molecule has 0 unspecified atom stereocenters. The third-order valence-corrected chi connectivity index (χ3v) is 3.54. The largest absolute Gasteiger partial charge is 0.398 e. The third kappa shape index (κ3) is 1.86. The van der Waals surface area contributed by atoms with Gasteiger partial charge < -0.3 is 11.5 Å². The van der Waals surface area contributed by atoms with Crippen molar-refractivity contribution in [2.75, 3.05) is 5.73 Å². The van der Waals surface area contributed by atoms with Crippen molar-refractivity contribution in [2.45, 2.75) is 6.54 Å². The van der Waals surface area contributed by atoms with Gasteiger partial charge in [-0.3, -0.25) is 4.79 Å². The molecule has 2 aromatic heterocycles. The highest BCUT2D eigenvalue weighted by Crippen LogP contribution is 2.20. The van der Waals surface area contributed by atoms with E-state index in [1.165, 1.54) is 15.9 Å². The highest BCUT2D eigenvalue weighted by Gasteiger charge is 2.14. The molecule has 1 aromatic carbocycles. The van der Waals surface area contributed by atoms with Gasteiger partial charge in [-0.2, -0.15) is 9.61 Å². The molecule has 3 aromatic rings. The normalized spacial score (nSPS) is 11.0. The van der Waals surface area contributed by atoms with Gasteiger partial charge in [-0.25, -0.2) is 0 Å². The topological polar surface area (TPSA) is 112 Å². The van der Waals surface area contributed by atoms with Crippen LogP contribution in [0.25, 0.3) is 16.2 Å². The van der Waals surface area contributed by atoms with Crippen LogP contribution in [0.3, 0.4) is 0 Å². The average Bonchev–Trinajstić information content (AvgIpc) is 2.85. The van der Waals surface area contributed by atoms with Crippen molar-refractivity contribution in [3.05, 3.63) is 39.6 Å². The number of rotatable bonds is 2. The molecular weight excluding hydrogens is 264 g/mol. The second-order valence-electron chi connectivity index (χ2n) is 3.84. The monoisotopic (exact) mass is 274 g/mol. The smallest absolute Gasteiger partial charge is 0.302 e. The van der Waals surface area contributed by atoms with Crippen LogP contribution < -0.4 is 17.0 Å². The summed E-state index contributed by atoms with van der Waals surface area (Å²) in [6.07, 6.45) is 0. The van der Waals surface area contributed by atoms with Crippen LogP contribution in [0.2, 0.25) is 0 Å². The molecule has 0 aliphatic heterocycles. The molecule has 0 saturated heterocycles. The molecule has 0 bridgehead atoms. The van der Waals surface area contributed by atoms with E-state index < -0.39 is 0 Å². The lowest BCUT2D eigenvalue weighted by atomic mass is 10.1. The highest BCUT2D eigenvalue weighted by molar-refractivity contribution is 7.16. The molecule has 8 heteroatoms. The average molecular weight is 274 g/mol. The molecule has 0 aliphatic rings. The number of hydrogen-bond acceptors (Lipinski definition) is 7. The second-order valence-corrected chi connectivity index (χ2v) is 4.88. The van der Waals surface area contributed by atoms with Crippen molar-refractivity contribution in [3.8, 4) is 11.3 Å². The number of anilines is 1. The van der Waals surface area contributed by atoms with Crippen molar-refractivity contribution in [3.63, 3.8) is 0 Å². The number of nitrogens with two attached hydrogens (primary N) is 2. The standard InChI is InChI=1S/C11H10N6OS/c12-5-8-16-17-10(18)9(14-15-11(17)19-8)6-3-1-2-4-7(6)13/h1-4H,5,12-13H2. The van der Waals surface area contributed by atoms with Gasteiger partial charge in [-0.05, 0) is 6.07 Å². The van der Waals surface area contributed by atoms with E-state index in [0.29, 0.717) is 21.2 Å². The number of benzene rings is 1. The Kier molecular flexibility index (Phi) is 2.73. The van der Waals surface area contributed by atoms with Crippen LogP contribution in [-0.4, -0.2) is 19.8 Å². The summed E-state index contributed by atoms with van der Waals surface area (Å²) in [5.74, 6) is 0. The van der Waals surface area contributed by atoms with Gasteiger partial charge in [0, 0.05) is 17.8 Å². The Labute approximate surface area is 111 Å². The Morgan fingerprint density at radius 3 is 2.79 bits per heavy atom. The lowest BCUT2D eigenvalue weighted by molar-refractivity contribution is 0.827. The molecule has 0 aliphatic carbocycles. The van der Waals surface area contributed by atoms with Crippen LogP contribution in [0.4, 0.5) is 5.69 Å². The van der Waals surface area contributed by atoms with Gasteiger partial charge >= 0.3 is 5.56 Å². The van der Waals surface area contributed by atoms with Crippen molar-refractivity contribution >= 4 is 22.0 Å². The molecule has 7 nitrogen and oxygen atoms in total. The van der Waals surface area contributed by atoms with E-state index in [2.05, 4.69) is 15.3 Å². The molecule has 0 radical (unpaired) electrons. The van der Waals surface area contributed by atoms with E-state index in [-0.39, 0.29) is 17.8 Å². The Morgan fingerprint density at radius 2 is 2.05 bits per heavy atom. The number of aromatic nitrogens is 4. The quantitative estimate of drug-likeness (QED) is 0.648. The predicted octanol–water partition coefficient (Wildman–Crippen LogP) is 0.254. The maximum Gasteiger partial charge on any atom is 0.302 e. The zero-order valence-electron chi connectivity index (χ0n) is 9.78. The van der Waals surface area contributed by atoms with Gasteiger partial charge in [0.2, 0.25) is 4.96 Å². The lowest BCUT2D eigenvalue weighted by Crippen LogP contribution is -2.19. The van der Waals surface area contributed by atoms with Crippen LogP contribution in [0.5, 0.6) is 0 Å². The highest BCUT2D eigenvalue weighted by atomic mass is 32.1. The van der Waals surface area contributed by atoms with Gasteiger partial charge in [0.05, 0.1) is 0 Å². The van der Waals surface area contributed by atoms with E-state index in [1.54, 1.807) is 24.3 Å². The van der Waals surface area contributed by atoms with E-state index in [4.69, 9.17) is 11.5 Å². The summed E-state index contributed by atoms with van der Waals surface area (Å²) in [6, 6.07) is 7.01. The van der Waals surface area contributed by atoms with Crippen LogP contribution in [0.15, 0.2) is 29.1 Å².